The summed E-state index contributed by atoms with van der Waals surface area (Å²) in [6, 6.07) is 0. The van der Waals surface area contributed by atoms with Crippen molar-refractivity contribution in [3.63, 3.8) is 0 Å². The van der Waals surface area contributed by atoms with Gasteiger partial charge in [-0.05, 0) is 68.1 Å². The molecule has 0 aromatic heterocycles. The first kappa shape index (κ1) is 23.3. The van der Waals surface area contributed by atoms with Crippen molar-refractivity contribution in [3.05, 3.63) is 11.6 Å². The van der Waals surface area contributed by atoms with Crippen LogP contribution in [0.4, 0.5) is 0 Å². The summed E-state index contributed by atoms with van der Waals surface area (Å²) in [5, 5.41) is 20.3. The summed E-state index contributed by atoms with van der Waals surface area (Å²) in [5.41, 5.74) is 0.539. The molecule has 3 fully saturated rings. The molecule has 0 aromatic rings. The summed E-state index contributed by atoms with van der Waals surface area (Å²) >= 11 is 0. The topological polar surface area (TPSA) is 87.1 Å². The third-order valence-electron chi connectivity index (χ3n) is 8.89. The van der Waals surface area contributed by atoms with Crippen LogP contribution >= 0.6 is 0 Å². The SMILES string of the molecule is COC(=O)[C@@]1(C)CCC[C@]2(C)[C@H]3CCC(=CC(=O)N(C)CCO)[C@H](C)[C@@H]3[C@@H](O)C[C@@H]21. The summed E-state index contributed by atoms with van der Waals surface area (Å²) in [5.74, 6) is 0.419. The monoisotopic (exact) mass is 421 g/mol. The van der Waals surface area contributed by atoms with Crippen LogP contribution in [0.5, 0.6) is 0 Å². The smallest absolute Gasteiger partial charge is 0.311 e. The second-order valence-electron chi connectivity index (χ2n) is 10.3. The van der Waals surface area contributed by atoms with Gasteiger partial charge in [0.25, 0.3) is 0 Å². The normalized spacial score (nSPS) is 42.2. The highest BCUT2D eigenvalue weighted by molar-refractivity contribution is 5.88. The number of rotatable bonds is 4. The van der Waals surface area contributed by atoms with Crippen LogP contribution in [0.15, 0.2) is 11.6 Å². The van der Waals surface area contributed by atoms with Crippen LogP contribution < -0.4 is 0 Å². The average Bonchev–Trinajstić information content (AvgIpc) is 2.70. The number of hydrogen-bond donors (Lipinski definition) is 2. The molecule has 0 unspecified atom stereocenters. The second-order valence-corrected chi connectivity index (χ2v) is 10.3. The summed E-state index contributed by atoms with van der Waals surface area (Å²) in [7, 11) is 3.16. The number of methoxy groups -OCH3 is 1. The molecule has 1 amide bonds. The fraction of sp³-hybridized carbons (Fsp3) is 0.833. The molecule has 0 saturated heterocycles. The lowest BCUT2D eigenvalue weighted by Crippen LogP contribution is -2.60. The molecule has 3 aliphatic carbocycles. The molecule has 6 heteroatoms. The van der Waals surface area contributed by atoms with Gasteiger partial charge in [-0.25, -0.2) is 0 Å². The van der Waals surface area contributed by atoms with E-state index in [1.54, 1.807) is 13.1 Å². The molecule has 0 bridgehead atoms. The first-order valence-corrected chi connectivity index (χ1v) is 11.4. The van der Waals surface area contributed by atoms with Gasteiger partial charge in [0.1, 0.15) is 0 Å². The van der Waals surface area contributed by atoms with E-state index in [9.17, 15) is 14.7 Å². The predicted octanol–water partition coefficient (Wildman–Crippen LogP) is 2.78. The van der Waals surface area contributed by atoms with Gasteiger partial charge >= 0.3 is 5.97 Å². The van der Waals surface area contributed by atoms with Crippen molar-refractivity contribution in [2.45, 2.75) is 65.4 Å². The largest absolute Gasteiger partial charge is 0.469 e. The second kappa shape index (κ2) is 8.62. The van der Waals surface area contributed by atoms with Crippen molar-refractivity contribution in [1.29, 1.82) is 0 Å². The summed E-state index contributed by atoms with van der Waals surface area (Å²) in [6.07, 6.45) is 6.50. The lowest BCUT2D eigenvalue weighted by molar-refractivity contribution is -0.189. The number of amides is 1. The Morgan fingerprint density at radius 2 is 2.00 bits per heavy atom. The zero-order valence-electron chi connectivity index (χ0n) is 19.2. The zero-order valence-corrected chi connectivity index (χ0v) is 19.2. The summed E-state index contributed by atoms with van der Waals surface area (Å²) in [4.78, 5) is 26.8. The molecular weight excluding hydrogens is 382 g/mol. The molecule has 3 aliphatic rings. The lowest BCUT2D eigenvalue weighted by atomic mass is 9.42. The van der Waals surface area contributed by atoms with Gasteiger partial charge in [0.2, 0.25) is 5.91 Å². The third kappa shape index (κ3) is 3.70. The van der Waals surface area contributed by atoms with Crippen molar-refractivity contribution in [2.75, 3.05) is 27.3 Å². The number of nitrogens with zero attached hydrogens (tertiary/aromatic N) is 1. The first-order chi connectivity index (χ1) is 14.1. The molecule has 3 rings (SSSR count). The predicted molar refractivity (Wildman–Crippen MR) is 114 cm³/mol. The number of fused-ring (bicyclic) bond motifs is 3. The van der Waals surface area contributed by atoms with Gasteiger partial charge in [0.15, 0.2) is 0 Å². The van der Waals surface area contributed by atoms with E-state index in [1.165, 1.54) is 12.0 Å². The number of carbonyl (C=O) groups is 2. The van der Waals surface area contributed by atoms with Crippen LogP contribution in [0.3, 0.4) is 0 Å². The molecule has 0 aromatic carbocycles. The Hall–Kier alpha value is -1.40. The number of likely N-dealkylation sites (N-methyl/N-ethyl adjacent to an activating group) is 1. The number of aliphatic hydroxyl groups is 2. The Labute approximate surface area is 180 Å². The maximum Gasteiger partial charge on any atom is 0.311 e. The molecule has 7 atom stereocenters. The summed E-state index contributed by atoms with van der Waals surface area (Å²) < 4.78 is 5.19. The number of allylic oxidation sites excluding steroid dienone is 1. The minimum Gasteiger partial charge on any atom is -0.469 e. The zero-order chi connectivity index (χ0) is 22.3. The molecule has 0 heterocycles. The molecule has 6 nitrogen and oxygen atoms in total. The minimum absolute atomic E-state index is 0.0113. The van der Waals surface area contributed by atoms with Gasteiger partial charge in [-0.15, -0.1) is 0 Å². The van der Waals surface area contributed by atoms with E-state index >= 15 is 0 Å². The standard InChI is InChI=1S/C24H39NO5/c1-15-16(13-20(28)25(4)11-12-26)7-8-17-21(15)18(27)14-19-23(17,2)9-6-10-24(19,3)22(29)30-5/h13,15,17-19,21,26-27H,6-12,14H2,1-5H3/t15-,17-,18-,19-,21-,23+,24-/m0/s1. The van der Waals surface area contributed by atoms with Crippen molar-refractivity contribution in [2.24, 2.45) is 34.5 Å². The number of carbonyl (C=O) groups excluding carboxylic acids is 2. The fourth-order valence-corrected chi connectivity index (χ4v) is 7.20. The Kier molecular flexibility index (Phi) is 6.68. The maximum atomic E-state index is 12.7. The molecular formula is C24H39NO5. The third-order valence-corrected chi connectivity index (χ3v) is 8.89. The Balaban J connectivity index is 1.88. The van der Waals surface area contributed by atoms with Crippen LogP contribution in [0.1, 0.15) is 59.3 Å². The highest BCUT2D eigenvalue weighted by Crippen LogP contribution is 2.65. The number of hydrogen-bond acceptors (Lipinski definition) is 5. The van der Waals surface area contributed by atoms with Gasteiger partial charge < -0.3 is 19.8 Å². The fourth-order valence-electron chi connectivity index (χ4n) is 7.20. The van der Waals surface area contributed by atoms with E-state index < -0.39 is 11.5 Å². The van der Waals surface area contributed by atoms with Crippen molar-refractivity contribution < 1.29 is 24.5 Å². The van der Waals surface area contributed by atoms with E-state index in [2.05, 4.69) is 13.8 Å². The van der Waals surface area contributed by atoms with Gasteiger partial charge in [-0.2, -0.15) is 0 Å². The van der Waals surface area contributed by atoms with Crippen molar-refractivity contribution in [3.8, 4) is 0 Å². The molecule has 0 spiro atoms. The summed E-state index contributed by atoms with van der Waals surface area (Å²) in [6.45, 7) is 6.75. The molecule has 2 N–H and O–H groups in total. The van der Waals surface area contributed by atoms with E-state index in [4.69, 9.17) is 9.84 Å². The number of aliphatic hydroxyl groups excluding tert-OH is 2. The Morgan fingerprint density at radius 3 is 2.63 bits per heavy atom. The highest BCUT2D eigenvalue weighted by Gasteiger charge is 2.62. The van der Waals surface area contributed by atoms with Gasteiger partial charge in [-0.3, -0.25) is 9.59 Å². The van der Waals surface area contributed by atoms with E-state index in [-0.39, 0.29) is 41.7 Å². The Bertz CT molecular complexity index is 706. The number of esters is 1. The van der Waals surface area contributed by atoms with Crippen LogP contribution in [0, 0.1) is 34.5 Å². The van der Waals surface area contributed by atoms with Crippen LogP contribution in [0.2, 0.25) is 0 Å². The molecule has 0 aliphatic heterocycles. The lowest BCUT2D eigenvalue weighted by Gasteiger charge is -2.62. The number of ether oxygens (including phenoxy) is 1. The molecule has 170 valence electrons. The van der Waals surface area contributed by atoms with Crippen molar-refractivity contribution in [1.82, 2.24) is 4.90 Å². The Morgan fingerprint density at radius 1 is 1.30 bits per heavy atom. The van der Waals surface area contributed by atoms with Gasteiger partial charge in [0, 0.05) is 19.7 Å². The van der Waals surface area contributed by atoms with Gasteiger partial charge in [0.05, 0.1) is 25.2 Å². The van der Waals surface area contributed by atoms with Crippen LogP contribution in [-0.2, 0) is 14.3 Å². The van der Waals surface area contributed by atoms with Crippen LogP contribution in [0.25, 0.3) is 0 Å². The molecule has 3 saturated carbocycles. The maximum absolute atomic E-state index is 12.7. The van der Waals surface area contributed by atoms with Crippen LogP contribution in [-0.4, -0.2) is 60.4 Å². The highest BCUT2D eigenvalue weighted by atomic mass is 16.5. The van der Waals surface area contributed by atoms with E-state index in [0.717, 1.165) is 37.7 Å². The van der Waals surface area contributed by atoms with Crippen molar-refractivity contribution >= 4 is 11.9 Å². The first-order valence-electron chi connectivity index (χ1n) is 11.4. The minimum atomic E-state index is -0.546. The molecule has 0 radical (unpaired) electrons. The molecule has 30 heavy (non-hydrogen) atoms. The quantitative estimate of drug-likeness (QED) is 0.538. The van der Waals surface area contributed by atoms with E-state index in [1.807, 2.05) is 6.92 Å². The van der Waals surface area contributed by atoms with Gasteiger partial charge in [-0.1, -0.05) is 25.8 Å². The van der Waals surface area contributed by atoms with E-state index in [0.29, 0.717) is 18.9 Å². The average molecular weight is 422 g/mol.